The molecule has 0 bridgehead atoms. The van der Waals surface area contributed by atoms with Gasteiger partial charge in [0.1, 0.15) is 0 Å². The van der Waals surface area contributed by atoms with E-state index in [1.54, 1.807) is 0 Å². The van der Waals surface area contributed by atoms with Crippen LogP contribution in [0.15, 0.2) is 30.7 Å². The summed E-state index contributed by atoms with van der Waals surface area (Å²) in [7, 11) is 0. The first-order valence-electron chi connectivity index (χ1n) is 4.50. The first-order valence-corrected chi connectivity index (χ1v) is 4.50. The van der Waals surface area contributed by atoms with E-state index in [1.807, 2.05) is 18.5 Å². The Labute approximate surface area is 78.2 Å². The van der Waals surface area contributed by atoms with Gasteiger partial charge in [0.15, 0.2) is 0 Å². The van der Waals surface area contributed by atoms with Crippen molar-refractivity contribution in [1.82, 2.24) is 9.55 Å². The minimum Gasteiger partial charge on any atom is -0.341 e. The van der Waals surface area contributed by atoms with Crippen molar-refractivity contribution < 1.29 is 0 Å². The Morgan fingerprint density at radius 1 is 1.23 bits per heavy atom. The van der Waals surface area contributed by atoms with E-state index < -0.39 is 0 Å². The zero-order chi connectivity index (χ0) is 9.47. The van der Waals surface area contributed by atoms with Crippen LogP contribution in [0.3, 0.4) is 0 Å². The van der Waals surface area contributed by atoms with Crippen molar-refractivity contribution in [1.29, 1.82) is 0 Å². The van der Waals surface area contributed by atoms with Gasteiger partial charge >= 0.3 is 0 Å². The zero-order valence-electron chi connectivity index (χ0n) is 8.28. The largest absolute Gasteiger partial charge is 0.341 e. The minimum atomic E-state index is 0.130. The summed E-state index contributed by atoms with van der Waals surface area (Å²) in [6.45, 7) is 6.58. The van der Waals surface area contributed by atoms with Crippen LogP contribution in [0.5, 0.6) is 0 Å². The standard InChI is InChI=1S/C11H14N2/c1-11(2,3)13-7-5-9-4-6-12-8-10(9)13/h4-8H,1-3H3. The highest BCUT2D eigenvalue weighted by Gasteiger charge is 2.14. The van der Waals surface area contributed by atoms with Crippen LogP contribution in [0, 0.1) is 0 Å². The third kappa shape index (κ3) is 1.32. The molecule has 2 aromatic heterocycles. The van der Waals surface area contributed by atoms with Gasteiger partial charge in [-0.2, -0.15) is 0 Å². The highest BCUT2D eigenvalue weighted by Crippen LogP contribution is 2.22. The molecule has 0 amide bonds. The number of aromatic nitrogens is 2. The Morgan fingerprint density at radius 2 is 2.00 bits per heavy atom. The van der Waals surface area contributed by atoms with Gasteiger partial charge in [0, 0.05) is 23.3 Å². The van der Waals surface area contributed by atoms with E-state index in [0.717, 1.165) is 0 Å². The number of fused-ring (bicyclic) bond motifs is 1. The molecule has 2 nitrogen and oxygen atoms in total. The molecule has 2 heteroatoms. The lowest BCUT2D eigenvalue weighted by Gasteiger charge is -2.22. The third-order valence-electron chi connectivity index (χ3n) is 2.22. The predicted octanol–water partition coefficient (Wildman–Crippen LogP) is 2.79. The fourth-order valence-corrected chi connectivity index (χ4v) is 1.56. The van der Waals surface area contributed by atoms with Crippen molar-refractivity contribution in [2.75, 3.05) is 0 Å². The molecular weight excluding hydrogens is 160 g/mol. The molecule has 0 unspecified atom stereocenters. The average molecular weight is 174 g/mol. The number of hydrogen-bond acceptors (Lipinski definition) is 1. The van der Waals surface area contributed by atoms with Gasteiger partial charge in [0.25, 0.3) is 0 Å². The lowest BCUT2D eigenvalue weighted by molar-refractivity contribution is 0.410. The van der Waals surface area contributed by atoms with Gasteiger partial charge in [0.2, 0.25) is 0 Å². The van der Waals surface area contributed by atoms with Crippen molar-refractivity contribution in [3.63, 3.8) is 0 Å². The number of rotatable bonds is 0. The van der Waals surface area contributed by atoms with Crippen LogP contribution in [0.25, 0.3) is 10.9 Å². The van der Waals surface area contributed by atoms with Crippen molar-refractivity contribution >= 4 is 10.9 Å². The summed E-state index contributed by atoms with van der Waals surface area (Å²) in [5, 5.41) is 1.25. The van der Waals surface area contributed by atoms with Crippen molar-refractivity contribution in [3.8, 4) is 0 Å². The second kappa shape index (κ2) is 2.59. The smallest absolute Gasteiger partial charge is 0.0671 e. The van der Waals surface area contributed by atoms with Crippen LogP contribution in [-0.4, -0.2) is 9.55 Å². The van der Waals surface area contributed by atoms with E-state index in [4.69, 9.17) is 0 Å². The lowest BCUT2D eigenvalue weighted by Crippen LogP contribution is -2.20. The summed E-state index contributed by atoms with van der Waals surface area (Å²) >= 11 is 0. The molecule has 0 radical (unpaired) electrons. The highest BCUT2D eigenvalue weighted by molar-refractivity contribution is 5.79. The molecule has 0 N–H and O–H groups in total. The first-order chi connectivity index (χ1) is 6.09. The summed E-state index contributed by atoms with van der Waals surface area (Å²) in [4.78, 5) is 4.14. The second-order valence-electron chi connectivity index (χ2n) is 4.29. The van der Waals surface area contributed by atoms with Crippen molar-refractivity contribution in [3.05, 3.63) is 30.7 Å². The summed E-state index contributed by atoms with van der Waals surface area (Å²) in [5.74, 6) is 0. The maximum absolute atomic E-state index is 4.14. The molecule has 0 aromatic carbocycles. The van der Waals surface area contributed by atoms with Crippen LogP contribution in [0.2, 0.25) is 0 Å². The molecule has 0 saturated carbocycles. The van der Waals surface area contributed by atoms with Gasteiger partial charge < -0.3 is 4.57 Å². The quantitative estimate of drug-likeness (QED) is 0.600. The topological polar surface area (TPSA) is 17.8 Å². The predicted molar refractivity (Wildman–Crippen MR) is 54.7 cm³/mol. The monoisotopic (exact) mass is 174 g/mol. The van der Waals surface area contributed by atoms with Crippen LogP contribution < -0.4 is 0 Å². The van der Waals surface area contributed by atoms with Crippen LogP contribution in [0.4, 0.5) is 0 Å². The van der Waals surface area contributed by atoms with Crippen molar-refractivity contribution in [2.24, 2.45) is 0 Å². The fraction of sp³-hybridized carbons (Fsp3) is 0.364. The molecule has 0 fully saturated rings. The van der Waals surface area contributed by atoms with Crippen molar-refractivity contribution in [2.45, 2.75) is 26.3 Å². The Hall–Kier alpha value is -1.31. The van der Waals surface area contributed by atoms with Crippen LogP contribution in [-0.2, 0) is 5.54 Å². The van der Waals surface area contributed by atoms with E-state index in [0.29, 0.717) is 0 Å². The third-order valence-corrected chi connectivity index (χ3v) is 2.22. The lowest BCUT2D eigenvalue weighted by atomic mass is 10.1. The molecule has 0 saturated heterocycles. The molecule has 2 heterocycles. The van der Waals surface area contributed by atoms with Gasteiger partial charge in [-0.3, -0.25) is 4.98 Å². The first kappa shape index (κ1) is 8.30. The zero-order valence-corrected chi connectivity index (χ0v) is 8.28. The number of hydrogen-bond donors (Lipinski definition) is 0. The Balaban J connectivity index is 2.72. The molecule has 0 atom stereocenters. The summed E-state index contributed by atoms with van der Waals surface area (Å²) in [5.41, 5.74) is 1.33. The molecule has 2 aromatic rings. The Morgan fingerprint density at radius 3 is 2.69 bits per heavy atom. The molecule has 13 heavy (non-hydrogen) atoms. The van der Waals surface area contributed by atoms with Gasteiger partial charge in [-0.15, -0.1) is 0 Å². The average Bonchev–Trinajstić information content (AvgIpc) is 2.45. The summed E-state index contributed by atoms with van der Waals surface area (Å²) in [6, 6.07) is 4.17. The molecule has 68 valence electrons. The summed E-state index contributed by atoms with van der Waals surface area (Å²) < 4.78 is 2.25. The second-order valence-corrected chi connectivity index (χ2v) is 4.29. The van der Waals surface area contributed by atoms with E-state index in [9.17, 15) is 0 Å². The number of pyridine rings is 1. The SMILES string of the molecule is CC(C)(C)n1ccc2ccncc21. The molecule has 2 rings (SSSR count). The van der Waals surface area contributed by atoms with Gasteiger partial charge in [-0.1, -0.05) is 0 Å². The minimum absolute atomic E-state index is 0.130. The Bertz CT molecular complexity index is 421. The fourth-order valence-electron chi connectivity index (χ4n) is 1.56. The van der Waals surface area contributed by atoms with Crippen LogP contribution >= 0.6 is 0 Å². The normalized spacial score (nSPS) is 12.2. The van der Waals surface area contributed by atoms with E-state index >= 15 is 0 Å². The maximum Gasteiger partial charge on any atom is 0.0671 e. The van der Waals surface area contributed by atoms with Crippen LogP contribution in [0.1, 0.15) is 20.8 Å². The molecule has 0 aliphatic carbocycles. The highest BCUT2D eigenvalue weighted by atomic mass is 15.0. The molecule has 0 spiro atoms. The van der Waals surface area contributed by atoms with Gasteiger partial charge in [-0.25, -0.2) is 0 Å². The van der Waals surface area contributed by atoms with E-state index in [1.165, 1.54) is 10.9 Å². The molecular formula is C11H14N2. The Kier molecular flexibility index (Phi) is 1.65. The number of nitrogens with zero attached hydrogens (tertiary/aromatic N) is 2. The molecule has 0 aliphatic rings. The van der Waals surface area contributed by atoms with Gasteiger partial charge in [0.05, 0.1) is 11.7 Å². The van der Waals surface area contributed by atoms with E-state index in [-0.39, 0.29) is 5.54 Å². The summed E-state index contributed by atoms with van der Waals surface area (Å²) in [6.07, 6.45) is 5.86. The van der Waals surface area contributed by atoms with E-state index in [2.05, 4.69) is 42.6 Å². The maximum atomic E-state index is 4.14. The van der Waals surface area contributed by atoms with Gasteiger partial charge in [-0.05, 0) is 32.9 Å². The molecule has 0 aliphatic heterocycles.